The largest absolute Gasteiger partial charge is 0.355 e. The summed E-state index contributed by atoms with van der Waals surface area (Å²) >= 11 is 0. The lowest BCUT2D eigenvalue weighted by Crippen LogP contribution is -2.40. The van der Waals surface area contributed by atoms with E-state index in [2.05, 4.69) is 11.2 Å². The molecule has 0 heterocycles. The van der Waals surface area contributed by atoms with Crippen LogP contribution in [0.5, 0.6) is 0 Å². The number of rotatable bonds is 5. The van der Waals surface area contributed by atoms with Gasteiger partial charge in [0.25, 0.3) is 0 Å². The van der Waals surface area contributed by atoms with Crippen LogP contribution in [0.1, 0.15) is 12.8 Å². The second kappa shape index (κ2) is 6.65. The van der Waals surface area contributed by atoms with Crippen LogP contribution in [0, 0.1) is 12.3 Å². The summed E-state index contributed by atoms with van der Waals surface area (Å²) in [6.45, 7) is 1.12. The molecule has 1 unspecified atom stereocenters. The van der Waals surface area contributed by atoms with Crippen molar-refractivity contribution >= 4 is 5.91 Å². The number of terminal acetylenes is 1. The Kier molecular flexibility index (Phi) is 6.07. The molecule has 1 amide bonds. The Hall–Kier alpha value is -1.05. The van der Waals surface area contributed by atoms with E-state index in [9.17, 15) is 4.79 Å². The summed E-state index contributed by atoms with van der Waals surface area (Å²) in [4.78, 5) is 11.0. The molecule has 68 valence electrons. The third-order valence-electron chi connectivity index (χ3n) is 1.35. The van der Waals surface area contributed by atoms with E-state index >= 15 is 0 Å². The fraction of sp³-hybridized carbons (Fsp3) is 0.625. The van der Waals surface area contributed by atoms with Crippen LogP contribution in [0.25, 0.3) is 0 Å². The minimum atomic E-state index is -0.590. The molecular weight excluding hydrogens is 154 g/mol. The van der Waals surface area contributed by atoms with Crippen LogP contribution < -0.4 is 16.8 Å². The molecule has 0 bridgehead atoms. The molecule has 12 heavy (non-hydrogen) atoms. The van der Waals surface area contributed by atoms with Gasteiger partial charge in [0.05, 0.1) is 6.04 Å². The smallest absolute Gasteiger partial charge is 0.237 e. The first-order valence-electron chi connectivity index (χ1n) is 3.89. The van der Waals surface area contributed by atoms with E-state index in [1.807, 2.05) is 0 Å². The monoisotopic (exact) mass is 169 g/mol. The topological polar surface area (TPSA) is 81.1 Å². The normalized spacial score (nSPS) is 11.8. The molecule has 0 aliphatic heterocycles. The third-order valence-corrected chi connectivity index (χ3v) is 1.35. The van der Waals surface area contributed by atoms with Gasteiger partial charge in [0.1, 0.15) is 0 Å². The first-order chi connectivity index (χ1) is 5.72. The molecule has 4 heteroatoms. The van der Waals surface area contributed by atoms with Crippen molar-refractivity contribution in [3.63, 3.8) is 0 Å². The highest BCUT2D eigenvalue weighted by atomic mass is 16.2. The zero-order valence-electron chi connectivity index (χ0n) is 7.05. The van der Waals surface area contributed by atoms with Gasteiger partial charge < -0.3 is 16.8 Å². The average Bonchev–Trinajstić information content (AvgIpc) is 2.05. The molecule has 0 aliphatic rings. The maximum Gasteiger partial charge on any atom is 0.237 e. The highest BCUT2D eigenvalue weighted by Crippen LogP contribution is 1.85. The van der Waals surface area contributed by atoms with Gasteiger partial charge in [0.15, 0.2) is 0 Å². The van der Waals surface area contributed by atoms with Gasteiger partial charge in [-0.05, 0) is 13.0 Å². The summed E-state index contributed by atoms with van der Waals surface area (Å²) in [7, 11) is 0. The Balaban J connectivity index is 3.51. The minimum Gasteiger partial charge on any atom is -0.355 e. The molecule has 0 aromatic rings. The number of amides is 1. The quantitative estimate of drug-likeness (QED) is 0.357. The van der Waals surface area contributed by atoms with E-state index in [4.69, 9.17) is 17.9 Å². The maximum atomic E-state index is 11.0. The van der Waals surface area contributed by atoms with Crippen molar-refractivity contribution in [2.45, 2.75) is 18.9 Å². The van der Waals surface area contributed by atoms with Crippen LogP contribution in [-0.2, 0) is 4.79 Å². The van der Waals surface area contributed by atoms with Crippen molar-refractivity contribution in [1.82, 2.24) is 5.32 Å². The van der Waals surface area contributed by atoms with Crippen molar-refractivity contribution in [2.24, 2.45) is 11.5 Å². The van der Waals surface area contributed by atoms with Gasteiger partial charge in [-0.15, -0.1) is 12.3 Å². The first kappa shape index (κ1) is 11.0. The fourth-order valence-electron chi connectivity index (χ4n) is 0.664. The van der Waals surface area contributed by atoms with Crippen molar-refractivity contribution < 1.29 is 4.79 Å². The van der Waals surface area contributed by atoms with E-state index in [1.54, 1.807) is 0 Å². The third kappa shape index (κ3) is 4.72. The Morgan fingerprint density at radius 2 is 2.33 bits per heavy atom. The molecule has 0 aromatic heterocycles. The first-order valence-corrected chi connectivity index (χ1v) is 3.89. The van der Waals surface area contributed by atoms with Crippen LogP contribution in [0.3, 0.4) is 0 Å². The van der Waals surface area contributed by atoms with Gasteiger partial charge in [-0.25, -0.2) is 0 Å². The molecule has 0 saturated carbocycles. The number of nitrogens with two attached hydrogens (primary N) is 2. The SMILES string of the molecule is C#CCC(N)C(=O)NCCCN. The van der Waals surface area contributed by atoms with E-state index in [1.165, 1.54) is 0 Å². The number of carbonyl (C=O) groups is 1. The van der Waals surface area contributed by atoms with Crippen molar-refractivity contribution in [3.05, 3.63) is 0 Å². The fourth-order valence-corrected chi connectivity index (χ4v) is 0.664. The molecule has 5 N–H and O–H groups in total. The molecule has 0 spiro atoms. The number of nitrogens with one attached hydrogen (secondary N) is 1. The van der Waals surface area contributed by atoms with Crippen LogP contribution in [0.15, 0.2) is 0 Å². The lowest BCUT2D eigenvalue weighted by molar-refractivity contribution is -0.122. The number of hydrogen-bond acceptors (Lipinski definition) is 3. The minimum absolute atomic E-state index is 0.207. The molecule has 0 aromatic carbocycles. The predicted octanol–water partition coefficient (Wildman–Crippen LogP) is -1.20. The van der Waals surface area contributed by atoms with E-state index < -0.39 is 6.04 Å². The molecule has 0 aliphatic carbocycles. The molecule has 1 atom stereocenters. The Labute approximate surface area is 72.7 Å². The molecule has 0 rings (SSSR count). The highest BCUT2D eigenvalue weighted by molar-refractivity contribution is 5.81. The van der Waals surface area contributed by atoms with Crippen LogP contribution in [0.4, 0.5) is 0 Å². The molecule has 0 radical (unpaired) electrons. The van der Waals surface area contributed by atoms with E-state index in [0.717, 1.165) is 6.42 Å². The molecule has 0 saturated heterocycles. The maximum absolute atomic E-state index is 11.0. The van der Waals surface area contributed by atoms with Gasteiger partial charge >= 0.3 is 0 Å². The van der Waals surface area contributed by atoms with Crippen LogP contribution in [0.2, 0.25) is 0 Å². The van der Waals surface area contributed by atoms with Crippen molar-refractivity contribution in [3.8, 4) is 12.3 Å². The zero-order valence-corrected chi connectivity index (χ0v) is 7.05. The molecular formula is C8H15N3O. The summed E-state index contributed by atoms with van der Waals surface area (Å²) in [6, 6.07) is -0.590. The molecule has 4 nitrogen and oxygen atoms in total. The van der Waals surface area contributed by atoms with Crippen LogP contribution >= 0.6 is 0 Å². The van der Waals surface area contributed by atoms with E-state index in [-0.39, 0.29) is 12.3 Å². The Bertz CT molecular complexity index is 174. The van der Waals surface area contributed by atoms with Gasteiger partial charge in [-0.3, -0.25) is 4.79 Å². The molecule has 0 fully saturated rings. The van der Waals surface area contributed by atoms with Crippen LogP contribution in [-0.4, -0.2) is 25.0 Å². The summed E-state index contributed by atoms with van der Waals surface area (Å²) in [5.41, 5.74) is 10.7. The second-order valence-electron chi connectivity index (χ2n) is 2.45. The lowest BCUT2D eigenvalue weighted by atomic mass is 10.2. The van der Waals surface area contributed by atoms with Crippen molar-refractivity contribution in [2.75, 3.05) is 13.1 Å². The van der Waals surface area contributed by atoms with E-state index in [0.29, 0.717) is 13.1 Å². The summed E-state index contributed by atoms with van der Waals surface area (Å²) in [5, 5.41) is 2.63. The second-order valence-corrected chi connectivity index (χ2v) is 2.45. The summed E-state index contributed by atoms with van der Waals surface area (Å²) in [5.74, 6) is 2.12. The van der Waals surface area contributed by atoms with Gasteiger partial charge in [-0.1, -0.05) is 0 Å². The Morgan fingerprint density at radius 1 is 1.67 bits per heavy atom. The summed E-state index contributed by atoms with van der Waals surface area (Å²) in [6.07, 6.45) is 6.02. The average molecular weight is 169 g/mol. The summed E-state index contributed by atoms with van der Waals surface area (Å²) < 4.78 is 0. The number of hydrogen-bond donors (Lipinski definition) is 3. The van der Waals surface area contributed by atoms with Gasteiger partial charge in [0.2, 0.25) is 5.91 Å². The zero-order chi connectivity index (χ0) is 9.40. The highest BCUT2D eigenvalue weighted by Gasteiger charge is 2.09. The number of carbonyl (C=O) groups excluding carboxylic acids is 1. The Morgan fingerprint density at radius 3 is 2.83 bits per heavy atom. The predicted molar refractivity (Wildman–Crippen MR) is 48.1 cm³/mol. The standard InChI is InChI=1S/C8H15N3O/c1-2-4-7(10)8(12)11-6-3-5-9/h1,7H,3-6,9-10H2,(H,11,12). The van der Waals surface area contributed by atoms with Gasteiger partial charge in [0, 0.05) is 13.0 Å². The lowest BCUT2D eigenvalue weighted by Gasteiger charge is -2.08. The van der Waals surface area contributed by atoms with Gasteiger partial charge in [-0.2, -0.15) is 0 Å². The van der Waals surface area contributed by atoms with Crippen molar-refractivity contribution in [1.29, 1.82) is 0 Å².